The molecule has 0 aliphatic carbocycles. The first-order chi connectivity index (χ1) is 6.06. The minimum Gasteiger partial charge on any atom is -0.432 e. The Kier molecular flexibility index (Phi) is 5.63. The summed E-state index contributed by atoms with van der Waals surface area (Å²) in [4.78, 5) is 10.5. The van der Waals surface area contributed by atoms with E-state index in [1.54, 1.807) is 26.0 Å². The second kappa shape index (κ2) is 6.25. The first kappa shape index (κ1) is 11.7. The first-order valence-electron chi connectivity index (χ1n) is 3.94. The molecular formula is C9H15NO3. The second-order valence-corrected chi connectivity index (χ2v) is 2.56. The van der Waals surface area contributed by atoms with Crippen LogP contribution in [-0.2, 0) is 9.53 Å². The number of aliphatic hydroxyl groups is 1. The Morgan fingerprint density at radius 3 is 2.46 bits per heavy atom. The highest BCUT2D eigenvalue weighted by molar-refractivity contribution is 5.67. The van der Waals surface area contributed by atoms with Crippen LogP contribution in [0.5, 0.6) is 0 Å². The number of hydrogen-bond acceptors (Lipinski definition) is 4. The summed E-state index contributed by atoms with van der Waals surface area (Å²) in [5.41, 5.74) is 0.800. The predicted octanol–water partition coefficient (Wildman–Crippen LogP) is 0.896. The summed E-state index contributed by atoms with van der Waals surface area (Å²) in [7, 11) is 0. The van der Waals surface area contributed by atoms with E-state index in [-0.39, 0.29) is 12.7 Å². The van der Waals surface area contributed by atoms with Crippen molar-refractivity contribution in [3.8, 4) is 0 Å². The van der Waals surface area contributed by atoms with E-state index in [4.69, 9.17) is 9.84 Å². The molecule has 0 fully saturated rings. The Hall–Kier alpha value is -1.29. The Labute approximate surface area is 77.9 Å². The molecule has 0 radical (unpaired) electrons. The van der Waals surface area contributed by atoms with E-state index >= 15 is 0 Å². The molecule has 0 heterocycles. The smallest absolute Gasteiger partial charge is 0.307 e. The van der Waals surface area contributed by atoms with Gasteiger partial charge in [-0.15, -0.1) is 0 Å². The van der Waals surface area contributed by atoms with E-state index < -0.39 is 0 Å². The van der Waals surface area contributed by atoms with Gasteiger partial charge in [0, 0.05) is 12.6 Å². The van der Waals surface area contributed by atoms with E-state index in [0.29, 0.717) is 5.76 Å². The molecule has 0 spiro atoms. The van der Waals surface area contributed by atoms with Gasteiger partial charge in [-0.25, -0.2) is 0 Å². The molecule has 0 amide bonds. The molecule has 4 nitrogen and oxygen atoms in total. The number of nitrogens with one attached hydrogen (secondary N) is 1. The van der Waals surface area contributed by atoms with E-state index in [1.807, 2.05) is 0 Å². The molecule has 0 unspecified atom stereocenters. The third kappa shape index (κ3) is 7.08. The van der Waals surface area contributed by atoms with Crippen LogP contribution in [0, 0.1) is 0 Å². The van der Waals surface area contributed by atoms with Crippen molar-refractivity contribution >= 4 is 5.97 Å². The zero-order valence-electron chi connectivity index (χ0n) is 8.13. The van der Waals surface area contributed by atoms with E-state index in [0.717, 1.165) is 5.70 Å². The van der Waals surface area contributed by atoms with Gasteiger partial charge in [-0.2, -0.15) is 0 Å². The summed E-state index contributed by atoms with van der Waals surface area (Å²) >= 11 is 0. The lowest BCUT2D eigenvalue weighted by molar-refractivity contribution is -0.136. The predicted molar refractivity (Wildman–Crippen MR) is 49.5 cm³/mol. The highest BCUT2D eigenvalue weighted by Gasteiger charge is 1.92. The normalized spacial score (nSPS) is 12.6. The van der Waals surface area contributed by atoms with Crippen molar-refractivity contribution in [3.63, 3.8) is 0 Å². The van der Waals surface area contributed by atoms with Crippen LogP contribution < -0.4 is 5.32 Å². The molecule has 0 rings (SSSR count). The van der Waals surface area contributed by atoms with Crippen molar-refractivity contribution in [2.45, 2.75) is 20.8 Å². The third-order valence-electron chi connectivity index (χ3n) is 1.23. The van der Waals surface area contributed by atoms with Crippen molar-refractivity contribution in [1.82, 2.24) is 5.32 Å². The van der Waals surface area contributed by atoms with Crippen molar-refractivity contribution in [3.05, 3.63) is 23.6 Å². The summed E-state index contributed by atoms with van der Waals surface area (Å²) in [6, 6.07) is 0. The minimum absolute atomic E-state index is 0.108. The lowest BCUT2D eigenvalue weighted by Gasteiger charge is -2.01. The molecule has 0 aliphatic rings. The maximum absolute atomic E-state index is 10.5. The van der Waals surface area contributed by atoms with Crippen LogP contribution in [0.25, 0.3) is 0 Å². The fourth-order valence-corrected chi connectivity index (χ4v) is 0.687. The van der Waals surface area contributed by atoms with Crippen LogP contribution in [0.4, 0.5) is 0 Å². The summed E-state index contributed by atoms with van der Waals surface area (Å²) in [5.74, 6) is 0.182. The Bertz CT molecular complexity index is 231. The number of rotatable bonds is 4. The van der Waals surface area contributed by atoms with Crippen LogP contribution in [0.2, 0.25) is 0 Å². The van der Waals surface area contributed by atoms with Gasteiger partial charge in [0.25, 0.3) is 0 Å². The molecule has 0 aromatic carbocycles. The molecule has 0 aliphatic heterocycles. The van der Waals surface area contributed by atoms with Crippen molar-refractivity contribution < 1.29 is 14.6 Å². The van der Waals surface area contributed by atoms with Gasteiger partial charge in [0.15, 0.2) is 0 Å². The second-order valence-electron chi connectivity index (χ2n) is 2.56. The number of ether oxygens (including phenoxy) is 1. The summed E-state index contributed by atoms with van der Waals surface area (Å²) in [5, 5.41) is 11.2. The van der Waals surface area contributed by atoms with Crippen LogP contribution in [0.15, 0.2) is 23.6 Å². The molecule has 74 valence electrons. The topological polar surface area (TPSA) is 58.6 Å². The summed E-state index contributed by atoms with van der Waals surface area (Å²) in [6.07, 6.45) is 3.37. The number of esters is 1. The number of allylic oxidation sites excluding steroid dienone is 4. The van der Waals surface area contributed by atoms with Gasteiger partial charge in [0.05, 0.1) is 0 Å². The Morgan fingerprint density at radius 1 is 1.38 bits per heavy atom. The van der Waals surface area contributed by atoms with Gasteiger partial charge in [0.1, 0.15) is 12.5 Å². The van der Waals surface area contributed by atoms with Gasteiger partial charge in [-0.1, -0.05) is 0 Å². The maximum atomic E-state index is 10.5. The number of hydrogen-bond donors (Lipinski definition) is 2. The lowest BCUT2D eigenvalue weighted by Crippen LogP contribution is -2.11. The molecular weight excluding hydrogens is 170 g/mol. The molecule has 0 atom stereocenters. The van der Waals surface area contributed by atoms with Crippen molar-refractivity contribution in [2.24, 2.45) is 0 Å². The van der Waals surface area contributed by atoms with E-state index in [9.17, 15) is 4.79 Å². The van der Waals surface area contributed by atoms with Crippen molar-refractivity contribution in [2.75, 3.05) is 6.73 Å². The molecule has 0 saturated heterocycles. The van der Waals surface area contributed by atoms with Crippen molar-refractivity contribution in [1.29, 1.82) is 0 Å². The van der Waals surface area contributed by atoms with Gasteiger partial charge in [-0.05, 0) is 26.0 Å². The molecule has 13 heavy (non-hydrogen) atoms. The van der Waals surface area contributed by atoms with Gasteiger partial charge >= 0.3 is 5.97 Å². The van der Waals surface area contributed by atoms with Crippen LogP contribution >= 0.6 is 0 Å². The highest BCUT2D eigenvalue weighted by atomic mass is 16.5. The van der Waals surface area contributed by atoms with Crippen LogP contribution in [-0.4, -0.2) is 17.8 Å². The average molecular weight is 185 g/mol. The Balaban J connectivity index is 4.07. The number of aliphatic hydroxyl groups excluding tert-OH is 1. The number of carbonyl (C=O) groups excluding carboxylic acids is 1. The van der Waals surface area contributed by atoms with Gasteiger partial charge in [0.2, 0.25) is 0 Å². The molecule has 2 N–H and O–H groups in total. The largest absolute Gasteiger partial charge is 0.432 e. The van der Waals surface area contributed by atoms with Gasteiger partial charge in [-0.3, -0.25) is 4.79 Å². The Morgan fingerprint density at radius 2 is 2.00 bits per heavy atom. The molecule has 0 saturated carbocycles. The molecule has 0 aromatic heterocycles. The standard InChI is InChI=1S/C9H15NO3/c1-7(10-6-11)4-5-8(2)13-9(3)12/h4-5,10-11H,6H2,1-3H3/b7-4+,8-5+. The average Bonchev–Trinajstić information content (AvgIpc) is 2.00. The molecule has 0 aromatic rings. The van der Waals surface area contributed by atoms with E-state index in [2.05, 4.69) is 5.32 Å². The third-order valence-corrected chi connectivity index (χ3v) is 1.23. The zero-order valence-corrected chi connectivity index (χ0v) is 8.13. The SMILES string of the molecule is CC(=O)O/C(C)=C/C=C(\C)NCO. The van der Waals surface area contributed by atoms with Gasteiger partial charge < -0.3 is 15.2 Å². The quantitative estimate of drug-likeness (QED) is 0.295. The van der Waals surface area contributed by atoms with Crippen LogP contribution in [0.3, 0.4) is 0 Å². The summed E-state index contributed by atoms with van der Waals surface area (Å²) < 4.78 is 4.77. The fraction of sp³-hybridized carbons (Fsp3) is 0.444. The zero-order chi connectivity index (χ0) is 10.3. The summed E-state index contributed by atoms with van der Waals surface area (Å²) in [6.45, 7) is 4.72. The maximum Gasteiger partial charge on any atom is 0.307 e. The lowest BCUT2D eigenvalue weighted by atomic mass is 10.4. The molecule has 0 bridgehead atoms. The molecule has 4 heteroatoms. The van der Waals surface area contributed by atoms with E-state index in [1.165, 1.54) is 6.92 Å². The fourth-order valence-electron chi connectivity index (χ4n) is 0.687. The minimum atomic E-state index is -0.338. The van der Waals surface area contributed by atoms with Crippen LogP contribution in [0.1, 0.15) is 20.8 Å². The number of carbonyl (C=O) groups is 1. The first-order valence-corrected chi connectivity index (χ1v) is 3.94. The monoisotopic (exact) mass is 185 g/mol. The highest BCUT2D eigenvalue weighted by Crippen LogP contribution is 1.97.